The Morgan fingerprint density at radius 2 is 2.00 bits per heavy atom. The van der Waals surface area contributed by atoms with Crippen LogP contribution in [0.2, 0.25) is 0 Å². The van der Waals surface area contributed by atoms with Crippen molar-refractivity contribution in [2.75, 3.05) is 39.6 Å². The third-order valence-corrected chi connectivity index (χ3v) is 4.88. The van der Waals surface area contributed by atoms with E-state index in [2.05, 4.69) is 10.6 Å². The molecule has 124 valence electrons. The van der Waals surface area contributed by atoms with Crippen LogP contribution in [0.25, 0.3) is 0 Å². The molecule has 0 aromatic carbocycles. The zero-order valence-corrected chi connectivity index (χ0v) is 14.1. The monoisotopic (exact) mass is 349 g/mol. The molecule has 22 heavy (non-hydrogen) atoms. The first kappa shape index (κ1) is 18.8. The molecule has 0 aliphatic carbocycles. The van der Waals surface area contributed by atoms with Gasteiger partial charge < -0.3 is 15.4 Å². The number of nitrogens with zero attached hydrogens (tertiary/aromatic N) is 1. The number of imide groups is 1. The van der Waals surface area contributed by atoms with E-state index in [1.165, 1.54) is 33.5 Å². The molecule has 0 radical (unpaired) electrons. The van der Waals surface area contributed by atoms with Gasteiger partial charge in [-0.3, -0.25) is 24.1 Å². The Bertz CT molecular complexity index is 446. The predicted octanol–water partition coefficient (Wildman–Crippen LogP) is -0.996. The van der Waals surface area contributed by atoms with Crippen LogP contribution in [-0.2, 0) is 23.9 Å². The lowest BCUT2D eigenvalue weighted by Gasteiger charge is -2.15. The summed E-state index contributed by atoms with van der Waals surface area (Å²) in [4.78, 5) is 47.2. The third kappa shape index (κ3) is 5.85. The molecular weight excluding hydrogens is 330 g/mol. The van der Waals surface area contributed by atoms with Gasteiger partial charge in [-0.05, 0) is 6.26 Å². The number of hydrogen-bond donors (Lipinski definition) is 2. The molecule has 0 aromatic heterocycles. The van der Waals surface area contributed by atoms with E-state index in [0.29, 0.717) is 0 Å². The second kappa shape index (κ2) is 9.70. The highest BCUT2D eigenvalue weighted by Gasteiger charge is 2.38. The lowest BCUT2D eigenvalue weighted by molar-refractivity contribution is -0.139. The Morgan fingerprint density at radius 1 is 1.32 bits per heavy atom. The van der Waals surface area contributed by atoms with E-state index >= 15 is 0 Å². The van der Waals surface area contributed by atoms with Gasteiger partial charge in [0, 0.05) is 26.6 Å². The van der Waals surface area contributed by atoms with Gasteiger partial charge in [0.15, 0.2) is 0 Å². The molecule has 8 nitrogen and oxygen atoms in total. The van der Waals surface area contributed by atoms with Gasteiger partial charge in [-0.1, -0.05) is 21.6 Å². The average molecular weight is 349 g/mol. The summed E-state index contributed by atoms with van der Waals surface area (Å²) in [7, 11) is 4.29. The smallest absolute Gasteiger partial charge is 0.246 e. The molecule has 1 rings (SSSR count). The lowest BCUT2D eigenvalue weighted by atomic mass is 10.4. The molecule has 4 amide bonds. The van der Waals surface area contributed by atoms with E-state index in [1.54, 1.807) is 0 Å². The first-order valence-corrected chi connectivity index (χ1v) is 9.20. The molecule has 0 aromatic rings. The zero-order chi connectivity index (χ0) is 16.5. The number of hydrogen-bond acceptors (Lipinski definition) is 7. The van der Waals surface area contributed by atoms with Crippen LogP contribution in [0.1, 0.15) is 6.42 Å². The summed E-state index contributed by atoms with van der Waals surface area (Å²) < 4.78 is 4.88. The second-order valence-corrected chi connectivity index (χ2v) is 7.03. The van der Waals surface area contributed by atoms with E-state index in [4.69, 9.17) is 4.74 Å². The Balaban J connectivity index is 2.23. The summed E-state index contributed by atoms with van der Waals surface area (Å²) in [5.74, 6) is -1.16. The van der Waals surface area contributed by atoms with Crippen molar-refractivity contribution in [3.63, 3.8) is 0 Å². The molecule has 1 atom stereocenters. The highest BCUT2D eigenvalue weighted by molar-refractivity contribution is 8.76. The first-order valence-electron chi connectivity index (χ1n) is 6.58. The second-order valence-electron chi connectivity index (χ2n) is 4.36. The van der Waals surface area contributed by atoms with E-state index in [9.17, 15) is 19.2 Å². The first-order chi connectivity index (χ1) is 10.5. The Labute approximate surface area is 136 Å². The minimum Gasteiger partial charge on any atom is -0.362 e. The molecule has 2 N–H and O–H groups in total. The summed E-state index contributed by atoms with van der Waals surface area (Å²) >= 11 is 0. The standard InChI is InChI=1S/C12H19N3O5S2/c1-13-9(16)6-20-7-10(17)14-3-4-15-11(18)5-8(12(15)19)22-21-2/h8H,3-7H2,1-2H3,(H,13,16)(H,14,17). The summed E-state index contributed by atoms with van der Waals surface area (Å²) in [6.45, 7) is -0.137. The molecule has 1 fully saturated rings. The van der Waals surface area contributed by atoms with Gasteiger partial charge >= 0.3 is 0 Å². The van der Waals surface area contributed by atoms with Crippen LogP contribution >= 0.6 is 21.6 Å². The highest BCUT2D eigenvalue weighted by Crippen LogP contribution is 2.31. The lowest BCUT2D eigenvalue weighted by Crippen LogP contribution is -2.40. The van der Waals surface area contributed by atoms with Crippen LogP contribution in [0.5, 0.6) is 0 Å². The average Bonchev–Trinajstić information content (AvgIpc) is 2.75. The number of carbonyl (C=O) groups excluding carboxylic acids is 4. The fourth-order valence-electron chi connectivity index (χ4n) is 1.75. The van der Waals surface area contributed by atoms with E-state index in [1.807, 2.05) is 6.26 Å². The van der Waals surface area contributed by atoms with Crippen LogP contribution in [-0.4, -0.2) is 73.4 Å². The summed E-state index contributed by atoms with van der Waals surface area (Å²) in [5.41, 5.74) is 0. The van der Waals surface area contributed by atoms with Gasteiger partial charge in [-0.2, -0.15) is 0 Å². The summed E-state index contributed by atoms with van der Waals surface area (Å²) in [6, 6.07) is 0. The van der Waals surface area contributed by atoms with Crippen molar-refractivity contribution in [3.8, 4) is 0 Å². The molecular formula is C12H19N3O5S2. The molecule has 1 heterocycles. The van der Waals surface area contributed by atoms with E-state index < -0.39 is 5.91 Å². The zero-order valence-electron chi connectivity index (χ0n) is 12.4. The topological polar surface area (TPSA) is 105 Å². The number of likely N-dealkylation sites (tertiary alicyclic amines) is 1. The molecule has 1 aliphatic rings. The van der Waals surface area contributed by atoms with E-state index in [0.717, 1.165) is 0 Å². The number of nitrogens with one attached hydrogen (secondary N) is 2. The van der Waals surface area contributed by atoms with E-state index in [-0.39, 0.29) is 55.7 Å². The molecule has 0 saturated carbocycles. The van der Waals surface area contributed by atoms with Gasteiger partial charge in [-0.25, -0.2) is 0 Å². The minimum absolute atomic E-state index is 0.143. The normalized spacial score (nSPS) is 17.7. The van der Waals surface area contributed by atoms with Crippen LogP contribution in [0.4, 0.5) is 0 Å². The van der Waals surface area contributed by atoms with Gasteiger partial charge in [-0.15, -0.1) is 0 Å². The fourth-order valence-corrected chi connectivity index (χ4v) is 3.55. The Hall–Kier alpha value is -1.26. The quantitative estimate of drug-likeness (QED) is 0.406. The number of likely N-dealkylation sites (N-methyl/N-ethyl adjacent to an activating group) is 1. The van der Waals surface area contributed by atoms with Gasteiger partial charge in [0.05, 0.1) is 0 Å². The Morgan fingerprint density at radius 3 is 2.64 bits per heavy atom. The summed E-state index contributed by atoms with van der Waals surface area (Å²) in [6.07, 6.45) is 2.05. The van der Waals surface area contributed by atoms with Gasteiger partial charge in [0.25, 0.3) is 0 Å². The van der Waals surface area contributed by atoms with Crippen LogP contribution < -0.4 is 10.6 Å². The van der Waals surface area contributed by atoms with Crippen molar-refractivity contribution in [2.24, 2.45) is 0 Å². The minimum atomic E-state index is -0.405. The molecule has 1 saturated heterocycles. The van der Waals surface area contributed by atoms with Crippen molar-refractivity contribution in [3.05, 3.63) is 0 Å². The maximum Gasteiger partial charge on any atom is 0.246 e. The van der Waals surface area contributed by atoms with Crippen LogP contribution in [0, 0.1) is 0 Å². The van der Waals surface area contributed by atoms with Crippen molar-refractivity contribution >= 4 is 45.2 Å². The van der Waals surface area contributed by atoms with Gasteiger partial charge in [0.2, 0.25) is 23.6 Å². The maximum absolute atomic E-state index is 12.0. The number of carbonyl (C=O) groups is 4. The largest absolute Gasteiger partial charge is 0.362 e. The maximum atomic E-state index is 12.0. The fraction of sp³-hybridized carbons (Fsp3) is 0.667. The molecule has 0 spiro atoms. The molecule has 1 unspecified atom stereocenters. The van der Waals surface area contributed by atoms with Crippen molar-refractivity contribution < 1.29 is 23.9 Å². The molecule has 1 aliphatic heterocycles. The van der Waals surface area contributed by atoms with Crippen LogP contribution in [0.15, 0.2) is 0 Å². The van der Waals surface area contributed by atoms with Crippen molar-refractivity contribution in [1.82, 2.24) is 15.5 Å². The van der Waals surface area contributed by atoms with Crippen molar-refractivity contribution in [2.45, 2.75) is 11.7 Å². The molecule has 10 heteroatoms. The summed E-state index contributed by atoms with van der Waals surface area (Å²) in [5, 5.41) is 4.56. The predicted molar refractivity (Wildman–Crippen MR) is 84.1 cm³/mol. The third-order valence-electron chi connectivity index (χ3n) is 2.82. The molecule has 0 bridgehead atoms. The van der Waals surface area contributed by atoms with Gasteiger partial charge in [0.1, 0.15) is 18.5 Å². The number of ether oxygens (including phenoxy) is 1. The SMILES string of the molecule is CNC(=O)COCC(=O)NCCN1C(=O)CC(SSC)C1=O. The highest BCUT2D eigenvalue weighted by atomic mass is 33.1. The van der Waals surface area contributed by atoms with Crippen molar-refractivity contribution in [1.29, 1.82) is 0 Å². The Kier molecular flexibility index (Phi) is 8.28. The van der Waals surface area contributed by atoms with Crippen LogP contribution in [0.3, 0.4) is 0 Å². The number of amides is 4. The number of rotatable bonds is 9.